The number of halogens is 1. The zero-order valence-electron chi connectivity index (χ0n) is 14.2. The van der Waals surface area contributed by atoms with Gasteiger partial charge in [-0.1, -0.05) is 0 Å². The van der Waals surface area contributed by atoms with Crippen LogP contribution in [0.5, 0.6) is 5.75 Å². The first-order valence-electron chi connectivity index (χ1n) is 7.90. The zero-order valence-corrected chi connectivity index (χ0v) is 14.2. The van der Waals surface area contributed by atoms with Crippen molar-refractivity contribution in [3.63, 3.8) is 0 Å². The second-order valence-corrected chi connectivity index (χ2v) is 5.50. The molecule has 1 amide bonds. The highest BCUT2D eigenvalue weighted by molar-refractivity contribution is 5.77. The van der Waals surface area contributed by atoms with Crippen LogP contribution in [0.2, 0.25) is 0 Å². The number of morpholine rings is 1. The highest BCUT2D eigenvalue weighted by Crippen LogP contribution is 2.20. The summed E-state index contributed by atoms with van der Waals surface area (Å²) in [6.45, 7) is 2.97. The van der Waals surface area contributed by atoms with Gasteiger partial charge in [0.1, 0.15) is 23.5 Å². The standard InChI is InChI=1S/C16H18FN3O3.CH2O2/c1-11-8-18-16(19-11)14-9-20(6-7-22-14)15(21)10-23-13-4-2-12(17)3-5-13;2-1-3/h2-5,8,14H,6-7,9-10H2,1H3,(H,18,19);1H,(H,2,3). The average Bonchev–Trinajstić information content (AvgIpc) is 3.08. The van der Waals surface area contributed by atoms with E-state index in [-0.39, 0.29) is 30.9 Å². The quantitative estimate of drug-likeness (QED) is 0.797. The molecule has 1 aliphatic heterocycles. The Hall–Kier alpha value is -2.94. The molecule has 26 heavy (non-hydrogen) atoms. The summed E-state index contributed by atoms with van der Waals surface area (Å²) in [5.74, 6) is 0.713. The summed E-state index contributed by atoms with van der Waals surface area (Å²) in [7, 11) is 0. The van der Waals surface area contributed by atoms with Crippen molar-refractivity contribution in [1.29, 1.82) is 0 Å². The maximum atomic E-state index is 12.8. The van der Waals surface area contributed by atoms with Gasteiger partial charge in [0, 0.05) is 18.4 Å². The normalized spacial score (nSPS) is 16.4. The SMILES string of the molecule is Cc1cnc(C2CN(C(=O)COc3ccc(F)cc3)CCO2)[nH]1.O=CO. The van der Waals surface area contributed by atoms with Gasteiger partial charge in [-0.25, -0.2) is 9.37 Å². The van der Waals surface area contributed by atoms with Crippen molar-refractivity contribution in [2.24, 2.45) is 0 Å². The minimum atomic E-state index is -0.339. The highest BCUT2D eigenvalue weighted by atomic mass is 19.1. The summed E-state index contributed by atoms with van der Waals surface area (Å²) in [6, 6.07) is 5.58. The van der Waals surface area contributed by atoms with Crippen LogP contribution in [0.3, 0.4) is 0 Å². The minimum Gasteiger partial charge on any atom is -0.484 e. The van der Waals surface area contributed by atoms with Crippen molar-refractivity contribution in [3.8, 4) is 5.75 Å². The van der Waals surface area contributed by atoms with Crippen molar-refractivity contribution >= 4 is 12.4 Å². The molecule has 8 nitrogen and oxygen atoms in total. The molecular weight excluding hydrogens is 345 g/mol. The Morgan fingerprint density at radius 1 is 1.50 bits per heavy atom. The van der Waals surface area contributed by atoms with Crippen LogP contribution in [-0.4, -0.2) is 58.7 Å². The van der Waals surface area contributed by atoms with Crippen LogP contribution < -0.4 is 4.74 Å². The van der Waals surface area contributed by atoms with Crippen molar-refractivity contribution in [2.75, 3.05) is 26.3 Å². The van der Waals surface area contributed by atoms with Gasteiger partial charge in [-0.15, -0.1) is 0 Å². The van der Waals surface area contributed by atoms with E-state index in [1.54, 1.807) is 11.1 Å². The van der Waals surface area contributed by atoms with Crippen molar-refractivity contribution < 1.29 is 28.6 Å². The number of carbonyl (C=O) groups is 2. The lowest BCUT2D eigenvalue weighted by Crippen LogP contribution is -2.44. The molecule has 1 saturated heterocycles. The molecule has 1 unspecified atom stereocenters. The van der Waals surface area contributed by atoms with Crippen LogP contribution in [-0.2, 0) is 14.3 Å². The number of aromatic amines is 1. The largest absolute Gasteiger partial charge is 0.484 e. The molecule has 0 radical (unpaired) electrons. The predicted molar refractivity (Wildman–Crippen MR) is 89.2 cm³/mol. The first-order valence-corrected chi connectivity index (χ1v) is 7.90. The number of hydrogen-bond acceptors (Lipinski definition) is 5. The van der Waals surface area contributed by atoms with Gasteiger partial charge in [0.05, 0.1) is 13.2 Å². The number of carboxylic acid groups (broad SMARTS) is 1. The number of carbonyl (C=O) groups excluding carboxylic acids is 1. The number of nitrogens with zero attached hydrogens (tertiary/aromatic N) is 2. The fourth-order valence-corrected chi connectivity index (χ4v) is 2.40. The summed E-state index contributed by atoms with van der Waals surface area (Å²) >= 11 is 0. The number of aromatic nitrogens is 2. The number of imidazole rings is 1. The van der Waals surface area contributed by atoms with Crippen molar-refractivity contribution in [1.82, 2.24) is 14.9 Å². The second-order valence-electron chi connectivity index (χ2n) is 5.50. The summed E-state index contributed by atoms with van der Waals surface area (Å²) in [5.41, 5.74) is 0.951. The summed E-state index contributed by atoms with van der Waals surface area (Å²) in [4.78, 5) is 29.7. The molecule has 2 aromatic rings. The third-order valence-corrected chi connectivity index (χ3v) is 3.62. The molecule has 1 fully saturated rings. The van der Waals surface area contributed by atoms with Gasteiger partial charge in [0.15, 0.2) is 6.61 Å². The van der Waals surface area contributed by atoms with E-state index in [1.165, 1.54) is 24.3 Å². The number of H-pyrrole nitrogens is 1. The topological polar surface area (TPSA) is 105 Å². The highest BCUT2D eigenvalue weighted by Gasteiger charge is 2.27. The third kappa shape index (κ3) is 5.55. The Morgan fingerprint density at radius 2 is 2.19 bits per heavy atom. The second kappa shape index (κ2) is 9.52. The van der Waals surface area contributed by atoms with Crippen LogP contribution in [0.1, 0.15) is 17.6 Å². The zero-order chi connectivity index (χ0) is 18.9. The number of rotatable bonds is 4. The maximum absolute atomic E-state index is 12.8. The third-order valence-electron chi connectivity index (χ3n) is 3.62. The molecule has 0 bridgehead atoms. The molecule has 0 spiro atoms. The smallest absolute Gasteiger partial charge is 0.290 e. The number of ether oxygens (including phenoxy) is 2. The van der Waals surface area contributed by atoms with Crippen LogP contribution >= 0.6 is 0 Å². The van der Waals surface area contributed by atoms with Crippen LogP contribution in [0.15, 0.2) is 30.5 Å². The van der Waals surface area contributed by atoms with Crippen LogP contribution in [0.4, 0.5) is 4.39 Å². The summed E-state index contributed by atoms with van der Waals surface area (Å²) < 4.78 is 23.9. The van der Waals surface area contributed by atoms with E-state index < -0.39 is 0 Å². The molecule has 3 rings (SSSR count). The monoisotopic (exact) mass is 365 g/mol. The maximum Gasteiger partial charge on any atom is 0.290 e. The Bertz CT molecular complexity index is 719. The number of nitrogens with one attached hydrogen (secondary N) is 1. The fourth-order valence-electron chi connectivity index (χ4n) is 2.40. The molecule has 9 heteroatoms. The van der Waals surface area contributed by atoms with E-state index in [1.807, 2.05) is 6.92 Å². The minimum absolute atomic E-state index is 0.0878. The Kier molecular flexibility index (Phi) is 7.10. The van der Waals surface area contributed by atoms with Crippen LogP contribution in [0.25, 0.3) is 0 Å². The lowest BCUT2D eigenvalue weighted by Gasteiger charge is -2.32. The molecule has 0 saturated carbocycles. The first kappa shape index (κ1) is 19.4. The number of hydrogen-bond donors (Lipinski definition) is 2. The molecule has 0 aliphatic carbocycles. The van der Waals surface area contributed by atoms with Gasteiger partial charge < -0.3 is 24.5 Å². The van der Waals surface area contributed by atoms with Crippen LogP contribution in [0, 0.1) is 12.7 Å². The lowest BCUT2D eigenvalue weighted by molar-refractivity contribution is -0.141. The number of aryl methyl sites for hydroxylation is 1. The molecular formula is C17H20FN3O5. The molecule has 1 aromatic carbocycles. The van der Waals surface area contributed by atoms with Gasteiger partial charge in [-0.2, -0.15) is 0 Å². The van der Waals surface area contributed by atoms with E-state index in [0.717, 1.165) is 11.5 Å². The molecule has 1 atom stereocenters. The Morgan fingerprint density at radius 3 is 2.81 bits per heavy atom. The predicted octanol–water partition coefficient (Wildman–Crippen LogP) is 1.54. The van der Waals surface area contributed by atoms with E-state index >= 15 is 0 Å². The molecule has 2 heterocycles. The van der Waals surface area contributed by atoms with Gasteiger partial charge in [-0.05, 0) is 31.2 Å². The number of amides is 1. The fraction of sp³-hybridized carbons (Fsp3) is 0.353. The number of benzene rings is 1. The van der Waals surface area contributed by atoms with E-state index in [4.69, 9.17) is 19.4 Å². The Balaban J connectivity index is 0.000000758. The summed E-state index contributed by atoms with van der Waals surface area (Å²) in [5, 5.41) is 6.89. The summed E-state index contributed by atoms with van der Waals surface area (Å²) in [6.07, 6.45) is 1.48. The lowest BCUT2D eigenvalue weighted by atomic mass is 10.2. The van der Waals surface area contributed by atoms with E-state index in [9.17, 15) is 9.18 Å². The van der Waals surface area contributed by atoms with Crippen molar-refractivity contribution in [2.45, 2.75) is 13.0 Å². The van der Waals surface area contributed by atoms with Gasteiger partial charge in [-0.3, -0.25) is 9.59 Å². The molecule has 2 N–H and O–H groups in total. The van der Waals surface area contributed by atoms with Gasteiger partial charge in [0.2, 0.25) is 0 Å². The van der Waals surface area contributed by atoms with Gasteiger partial charge >= 0.3 is 0 Å². The van der Waals surface area contributed by atoms with E-state index in [0.29, 0.717) is 25.4 Å². The average molecular weight is 365 g/mol. The van der Waals surface area contributed by atoms with E-state index in [2.05, 4.69) is 9.97 Å². The Labute approximate surface area is 149 Å². The van der Waals surface area contributed by atoms with Gasteiger partial charge in [0.25, 0.3) is 12.4 Å². The molecule has 1 aromatic heterocycles. The van der Waals surface area contributed by atoms with Crippen molar-refractivity contribution in [3.05, 3.63) is 47.8 Å². The molecule has 140 valence electrons. The first-order chi connectivity index (χ1) is 12.5. The molecule has 1 aliphatic rings.